The highest BCUT2D eigenvalue weighted by Gasteiger charge is 2.32. The van der Waals surface area contributed by atoms with E-state index in [2.05, 4.69) is 31.1 Å². The Morgan fingerprint density at radius 3 is 2.32 bits per heavy atom. The number of ketones is 1. The Balaban J connectivity index is 0.00000481. The van der Waals surface area contributed by atoms with Crippen molar-refractivity contribution in [1.82, 2.24) is 15.2 Å². The summed E-state index contributed by atoms with van der Waals surface area (Å²) in [5.41, 5.74) is 3.39. The number of halogens is 1. The van der Waals surface area contributed by atoms with Crippen LogP contribution in [-0.4, -0.2) is 68.3 Å². The molecule has 0 fully saturated rings. The molecule has 3 rings (SSSR count). The van der Waals surface area contributed by atoms with Crippen molar-refractivity contribution < 1.29 is 19.1 Å². The summed E-state index contributed by atoms with van der Waals surface area (Å²) in [6.45, 7) is 11.3. The van der Waals surface area contributed by atoms with Gasteiger partial charge in [-0.2, -0.15) is 0 Å². The number of anilines is 1. The fourth-order valence-corrected chi connectivity index (χ4v) is 4.20. The minimum absolute atomic E-state index is 0. The number of amides is 1. The third kappa shape index (κ3) is 6.23. The van der Waals surface area contributed by atoms with Crippen molar-refractivity contribution in [2.75, 3.05) is 45.8 Å². The average Bonchev–Trinajstić information content (AvgIpc) is 3.11. The molecule has 1 aromatic carbocycles. The number of pyridine rings is 1. The molecular weight excluding hydrogens is 538 g/mol. The van der Waals surface area contributed by atoms with E-state index in [1.54, 1.807) is 11.0 Å². The number of rotatable bonds is 9. The van der Waals surface area contributed by atoms with E-state index in [4.69, 9.17) is 14.9 Å². The maximum Gasteiger partial charge on any atom is 0.273 e. The lowest BCUT2D eigenvalue weighted by Gasteiger charge is -2.28. The van der Waals surface area contributed by atoms with Crippen LogP contribution < -0.4 is 19.7 Å². The number of amidine groups is 1. The van der Waals surface area contributed by atoms with E-state index < -0.39 is 0 Å². The van der Waals surface area contributed by atoms with E-state index in [9.17, 15) is 9.59 Å². The van der Waals surface area contributed by atoms with E-state index in [1.165, 1.54) is 7.05 Å². The molecule has 0 atom stereocenters. The zero-order valence-corrected chi connectivity index (χ0v) is 24.7. The van der Waals surface area contributed by atoms with Crippen LogP contribution in [0.2, 0.25) is 0 Å². The van der Waals surface area contributed by atoms with Gasteiger partial charge in [0.25, 0.3) is 5.91 Å². The normalized spacial score (nSPS) is 12.5. The Kier molecular flexibility index (Phi) is 9.71. The quantitative estimate of drug-likeness (QED) is 0.431. The highest BCUT2D eigenvalue weighted by molar-refractivity contribution is 8.93. The van der Waals surface area contributed by atoms with Gasteiger partial charge in [0.15, 0.2) is 17.2 Å². The molecule has 0 spiro atoms. The van der Waals surface area contributed by atoms with Gasteiger partial charge in [-0.3, -0.25) is 15.0 Å². The van der Waals surface area contributed by atoms with Gasteiger partial charge in [0.2, 0.25) is 0 Å². The molecule has 0 aliphatic carbocycles. The molecule has 2 aromatic rings. The van der Waals surface area contributed by atoms with Crippen molar-refractivity contribution in [2.24, 2.45) is 0 Å². The molecule has 0 saturated heterocycles. The summed E-state index contributed by atoms with van der Waals surface area (Å²) in [5.74, 6) is 0.766. The summed E-state index contributed by atoms with van der Waals surface area (Å²) in [6.07, 6.45) is 0. The molecule has 0 bridgehead atoms. The molecule has 1 amide bonds. The van der Waals surface area contributed by atoms with Gasteiger partial charge in [0.1, 0.15) is 17.3 Å². The molecule has 0 radical (unpaired) electrons. The summed E-state index contributed by atoms with van der Waals surface area (Å²) in [7, 11) is 5.38. The van der Waals surface area contributed by atoms with Crippen LogP contribution in [0, 0.1) is 5.41 Å². The summed E-state index contributed by atoms with van der Waals surface area (Å²) in [5, 5.41) is 11.2. The predicted octanol–water partition coefficient (Wildman–Crippen LogP) is 4.20. The van der Waals surface area contributed by atoms with Crippen LogP contribution >= 0.6 is 17.0 Å². The van der Waals surface area contributed by atoms with Gasteiger partial charge in [-0.05, 0) is 37.5 Å². The Bertz CT molecular complexity index is 1190. The highest BCUT2D eigenvalue weighted by Crippen LogP contribution is 2.40. The second-order valence-corrected chi connectivity index (χ2v) is 9.93. The largest absolute Gasteiger partial charge is 0.491 e. The number of ether oxygens (including phenoxy) is 2. The Morgan fingerprint density at radius 1 is 1.14 bits per heavy atom. The van der Waals surface area contributed by atoms with Crippen LogP contribution in [0.3, 0.4) is 0 Å². The van der Waals surface area contributed by atoms with Gasteiger partial charge >= 0.3 is 0 Å². The zero-order valence-electron chi connectivity index (χ0n) is 22.9. The smallest absolute Gasteiger partial charge is 0.273 e. The number of aromatic nitrogens is 1. The second-order valence-electron chi connectivity index (χ2n) is 9.93. The predicted molar refractivity (Wildman–Crippen MR) is 151 cm³/mol. The number of hydrogen-bond acceptors (Lipinski definition) is 7. The van der Waals surface area contributed by atoms with E-state index in [1.807, 2.05) is 45.0 Å². The molecule has 0 unspecified atom stereocenters. The molecule has 1 aromatic heterocycles. The van der Waals surface area contributed by atoms with Gasteiger partial charge in [-0.1, -0.05) is 20.8 Å². The van der Waals surface area contributed by atoms with Crippen molar-refractivity contribution in [3.8, 4) is 11.5 Å². The molecule has 37 heavy (non-hydrogen) atoms. The third-order valence-electron chi connectivity index (χ3n) is 6.01. The number of fused-ring (bicyclic) bond motifs is 1. The number of nitrogens with one attached hydrogen (secondary N) is 2. The van der Waals surface area contributed by atoms with Crippen LogP contribution in [0.4, 0.5) is 5.69 Å². The van der Waals surface area contributed by atoms with Crippen LogP contribution in [0.15, 0.2) is 18.2 Å². The summed E-state index contributed by atoms with van der Waals surface area (Å²) >= 11 is 0. The van der Waals surface area contributed by atoms with Crippen molar-refractivity contribution >= 4 is 40.2 Å². The Hall–Kier alpha value is -3.14. The first-order chi connectivity index (χ1) is 16.9. The molecule has 1 aliphatic heterocycles. The van der Waals surface area contributed by atoms with Gasteiger partial charge in [0.05, 0.1) is 25.4 Å². The van der Waals surface area contributed by atoms with Crippen LogP contribution in [-0.2, 0) is 12.0 Å². The summed E-state index contributed by atoms with van der Waals surface area (Å²) < 4.78 is 11.6. The number of Topliss-reactive ketones (excluding diaryl/α,β-unsaturated/α-hetero) is 1. The molecule has 2 heterocycles. The fraction of sp³-hybridized carbons (Fsp3) is 0.481. The van der Waals surface area contributed by atoms with Crippen molar-refractivity contribution in [1.29, 1.82) is 5.41 Å². The second kappa shape index (κ2) is 11.9. The number of carbonyl (C=O) groups is 2. The highest BCUT2D eigenvalue weighted by atomic mass is 79.9. The van der Waals surface area contributed by atoms with Crippen molar-refractivity contribution in [3.63, 3.8) is 0 Å². The van der Waals surface area contributed by atoms with Crippen LogP contribution in [0.1, 0.15) is 72.3 Å². The topological polar surface area (TPSA) is 108 Å². The lowest BCUT2D eigenvalue weighted by Crippen LogP contribution is -2.31. The van der Waals surface area contributed by atoms with Gasteiger partial charge in [0, 0.05) is 44.4 Å². The lowest BCUT2D eigenvalue weighted by molar-refractivity contribution is 0.0949. The summed E-state index contributed by atoms with van der Waals surface area (Å²) in [4.78, 5) is 33.9. The zero-order chi connectivity index (χ0) is 26.8. The number of carbonyl (C=O) groups excluding carboxylic acids is 2. The average molecular weight is 577 g/mol. The van der Waals surface area contributed by atoms with E-state index in [-0.39, 0.29) is 52.2 Å². The van der Waals surface area contributed by atoms with Crippen LogP contribution in [0.25, 0.3) is 0 Å². The van der Waals surface area contributed by atoms with Crippen molar-refractivity contribution in [3.05, 3.63) is 46.3 Å². The first-order valence-corrected chi connectivity index (χ1v) is 12.2. The minimum Gasteiger partial charge on any atom is -0.491 e. The maximum atomic E-state index is 13.5. The number of nitrogens with zero attached hydrogens (tertiary/aromatic N) is 3. The van der Waals surface area contributed by atoms with E-state index in [0.717, 1.165) is 22.6 Å². The summed E-state index contributed by atoms with van der Waals surface area (Å²) in [6, 6.07) is 5.50. The molecule has 10 heteroatoms. The van der Waals surface area contributed by atoms with Gasteiger partial charge in [-0.25, -0.2) is 4.98 Å². The van der Waals surface area contributed by atoms with Crippen LogP contribution in [0.5, 0.6) is 11.5 Å². The third-order valence-corrected chi connectivity index (χ3v) is 6.01. The van der Waals surface area contributed by atoms with E-state index >= 15 is 0 Å². The standard InChI is InChI=1S/C27H37N5O4.BrH/c1-9-35-21-13-17-14-32(25(28)22(17)30-23(21)26(34)29-6)15-20(33)16-11-18(27(3,4)5)24(36-10-2)19(12-16)31(7)8;/h11-13,28H,9-10,14-15H2,1-8H3,(H,29,34);1H. The molecule has 1 aliphatic rings. The van der Waals surface area contributed by atoms with Gasteiger partial charge in [-0.15, -0.1) is 17.0 Å². The minimum atomic E-state index is -0.385. The monoisotopic (exact) mass is 575 g/mol. The fourth-order valence-electron chi connectivity index (χ4n) is 4.20. The molecular formula is C27H38BrN5O4. The Labute approximate surface area is 229 Å². The van der Waals surface area contributed by atoms with E-state index in [0.29, 0.717) is 36.8 Å². The van der Waals surface area contributed by atoms with Crippen molar-refractivity contribution in [2.45, 2.75) is 46.6 Å². The number of hydrogen-bond donors (Lipinski definition) is 2. The SMILES string of the molecule is Br.CCOc1cc2c(nc1C(=O)NC)C(=N)N(CC(=O)c1cc(N(C)C)c(OCC)c(C(C)(C)C)c1)C2. The number of benzene rings is 1. The first-order valence-electron chi connectivity index (χ1n) is 12.2. The van der Waals surface area contributed by atoms with Gasteiger partial charge < -0.3 is 24.6 Å². The molecule has 2 N–H and O–H groups in total. The first kappa shape index (κ1) is 30.1. The molecule has 202 valence electrons. The Morgan fingerprint density at radius 2 is 1.78 bits per heavy atom. The lowest BCUT2D eigenvalue weighted by atomic mass is 9.84. The maximum absolute atomic E-state index is 13.5. The molecule has 0 saturated carbocycles. The molecule has 9 nitrogen and oxygen atoms in total.